The number of imidazole rings is 1. The molecule has 2 rings (SSSR count). The monoisotopic (exact) mass is 395 g/mol. The number of hydrogen-bond acceptors (Lipinski definition) is 4. The van der Waals surface area contributed by atoms with Gasteiger partial charge in [-0.25, -0.2) is 18.1 Å². The van der Waals surface area contributed by atoms with Crippen LogP contribution in [0.2, 0.25) is 5.02 Å². The Morgan fingerprint density at radius 2 is 1.96 bits per heavy atom. The number of benzene rings is 1. The van der Waals surface area contributed by atoms with Crippen molar-refractivity contribution >= 4 is 27.5 Å². The van der Waals surface area contributed by atoms with Gasteiger partial charge in [0.15, 0.2) is 5.75 Å². The standard InChI is InChI=1S/C14H13ClF3N3O3S/c1-2-21-7-11(13(22)20-25(23,24)8-14(16,17)18)19-12(21)9-5-3-4-6-10(9)15/h3-7H,2,8H2,1H3,(H,20,22). The first-order chi connectivity index (χ1) is 11.5. The summed E-state index contributed by atoms with van der Waals surface area (Å²) in [6.45, 7) is 2.14. The molecular formula is C14H13ClF3N3O3S. The number of halogens is 4. The Morgan fingerprint density at radius 1 is 1.32 bits per heavy atom. The van der Waals surface area contributed by atoms with Gasteiger partial charge in [0, 0.05) is 18.3 Å². The van der Waals surface area contributed by atoms with Gasteiger partial charge in [-0.1, -0.05) is 23.7 Å². The summed E-state index contributed by atoms with van der Waals surface area (Å²) in [4.78, 5) is 16.0. The summed E-state index contributed by atoms with van der Waals surface area (Å²) in [5, 5.41) is 0.361. The first-order valence-corrected chi connectivity index (χ1v) is 8.99. The van der Waals surface area contributed by atoms with Crippen molar-refractivity contribution in [2.45, 2.75) is 19.6 Å². The van der Waals surface area contributed by atoms with Crippen LogP contribution in [0.1, 0.15) is 17.4 Å². The lowest BCUT2D eigenvalue weighted by Crippen LogP contribution is -2.37. The predicted octanol–water partition coefficient (Wildman–Crippen LogP) is 2.85. The molecule has 0 atom stereocenters. The fraction of sp³-hybridized carbons (Fsp3) is 0.286. The molecule has 0 aliphatic carbocycles. The molecule has 0 unspecified atom stereocenters. The van der Waals surface area contributed by atoms with E-state index in [1.165, 1.54) is 15.5 Å². The number of nitrogens with zero attached hydrogens (tertiary/aromatic N) is 2. The molecule has 1 amide bonds. The van der Waals surface area contributed by atoms with Crippen LogP contribution in [0.3, 0.4) is 0 Å². The molecule has 11 heteroatoms. The maximum atomic E-state index is 12.2. The first-order valence-electron chi connectivity index (χ1n) is 6.96. The van der Waals surface area contributed by atoms with Crippen LogP contribution in [0.25, 0.3) is 11.4 Å². The summed E-state index contributed by atoms with van der Waals surface area (Å²) in [6, 6.07) is 6.66. The van der Waals surface area contributed by atoms with Gasteiger partial charge in [0.05, 0.1) is 5.02 Å². The summed E-state index contributed by atoms with van der Waals surface area (Å²) < 4.78 is 62.4. The zero-order valence-electron chi connectivity index (χ0n) is 12.8. The zero-order chi connectivity index (χ0) is 18.8. The van der Waals surface area contributed by atoms with E-state index in [4.69, 9.17) is 11.6 Å². The van der Waals surface area contributed by atoms with Gasteiger partial charge in [-0.2, -0.15) is 13.2 Å². The second-order valence-corrected chi connectivity index (χ2v) is 7.15. The molecule has 1 heterocycles. The van der Waals surface area contributed by atoms with Gasteiger partial charge in [0.2, 0.25) is 10.0 Å². The topological polar surface area (TPSA) is 81.1 Å². The number of carbonyl (C=O) groups is 1. The Hall–Kier alpha value is -2.07. The normalized spacial score (nSPS) is 12.2. The second kappa shape index (κ2) is 7.04. The Labute approximate surface area is 146 Å². The van der Waals surface area contributed by atoms with Crippen molar-refractivity contribution in [1.82, 2.24) is 14.3 Å². The van der Waals surface area contributed by atoms with E-state index in [9.17, 15) is 26.4 Å². The quantitative estimate of drug-likeness (QED) is 0.844. The molecule has 0 aliphatic heterocycles. The van der Waals surface area contributed by atoms with Crippen molar-refractivity contribution in [1.29, 1.82) is 0 Å². The van der Waals surface area contributed by atoms with Crippen molar-refractivity contribution in [2.24, 2.45) is 0 Å². The first kappa shape index (κ1) is 19.3. The summed E-state index contributed by atoms with van der Waals surface area (Å²) in [7, 11) is -4.87. The van der Waals surface area contributed by atoms with Gasteiger partial charge in [-0.3, -0.25) is 4.79 Å². The van der Waals surface area contributed by atoms with Crippen molar-refractivity contribution in [3.05, 3.63) is 41.2 Å². The molecule has 1 N–H and O–H groups in total. The minimum Gasteiger partial charge on any atom is -0.330 e. The summed E-state index contributed by atoms with van der Waals surface area (Å²) >= 11 is 6.08. The highest BCUT2D eigenvalue weighted by molar-refractivity contribution is 7.90. The molecule has 0 radical (unpaired) electrons. The molecule has 6 nitrogen and oxygen atoms in total. The SMILES string of the molecule is CCn1cc(C(=O)NS(=O)(=O)CC(F)(F)F)nc1-c1ccccc1Cl. The molecule has 0 spiro atoms. The maximum Gasteiger partial charge on any atom is 0.404 e. The Kier molecular flexibility index (Phi) is 5.43. The zero-order valence-corrected chi connectivity index (χ0v) is 14.4. The van der Waals surface area contributed by atoms with Gasteiger partial charge in [0.25, 0.3) is 5.91 Å². The van der Waals surface area contributed by atoms with Crippen LogP contribution in [-0.4, -0.2) is 35.8 Å². The highest BCUT2D eigenvalue weighted by Gasteiger charge is 2.36. The third-order valence-corrected chi connectivity index (χ3v) is 4.60. The number of alkyl halides is 3. The fourth-order valence-electron chi connectivity index (χ4n) is 2.07. The number of nitrogens with one attached hydrogen (secondary N) is 1. The van der Waals surface area contributed by atoms with Gasteiger partial charge in [-0.05, 0) is 19.1 Å². The summed E-state index contributed by atoms with van der Waals surface area (Å²) in [6.07, 6.45) is -3.71. The third-order valence-electron chi connectivity index (χ3n) is 3.07. The average Bonchev–Trinajstić information content (AvgIpc) is 2.88. The van der Waals surface area contributed by atoms with Crippen LogP contribution in [0.5, 0.6) is 0 Å². The van der Waals surface area contributed by atoms with Gasteiger partial charge in [-0.15, -0.1) is 0 Å². The summed E-state index contributed by atoms with van der Waals surface area (Å²) in [5.74, 6) is -3.10. The van der Waals surface area contributed by atoms with E-state index in [1.807, 2.05) is 0 Å². The van der Waals surface area contributed by atoms with Gasteiger partial charge < -0.3 is 4.57 Å². The maximum absolute atomic E-state index is 12.2. The van der Waals surface area contributed by atoms with E-state index >= 15 is 0 Å². The lowest BCUT2D eigenvalue weighted by molar-refractivity contribution is -0.106. The number of rotatable bonds is 5. The fourth-order valence-corrected chi connectivity index (χ4v) is 3.18. The van der Waals surface area contributed by atoms with E-state index in [0.717, 1.165) is 0 Å². The predicted molar refractivity (Wildman–Crippen MR) is 85.7 cm³/mol. The summed E-state index contributed by atoms with van der Waals surface area (Å²) in [5.41, 5.74) is 0.172. The van der Waals surface area contributed by atoms with Crippen molar-refractivity contribution < 1.29 is 26.4 Å². The number of aromatic nitrogens is 2. The molecule has 0 saturated carbocycles. The molecule has 1 aromatic heterocycles. The highest BCUT2D eigenvalue weighted by Crippen LogP contribution is 2.27. The number of aryl methyl sites for hydroxylation is 1. The Balaban J connectivity index is 2.32. The van der Waals surface area contributed by atoms with Crippen LogP contribution in [0.4, 0.5) is 13.2 Å². The van der Waals surface area contributed by atoms with E-state index in [0.29, 0.717) is 23.0 Å². The largest absolute Gasteiger partial charge is 0.404 e. The smallest absolute Gasteiger partial charge is 0.330 e. The van der Waals surface area contributed by atoms with Crippen molar-refractivity contribution in [3.63, 3.8) is 0 Å². The Morgan fingerprint density at radius 3 is 2.52 bits per heavy atom. The molecule has 136 valence electrons. The average molecular weight is 396 g/mol. The van der Waals surface area contributed by atoms with E-state index < -0.39 is 27.9 Å². The Bertz CT molecular complexity index is 894. The molecule has 0 aliphatic rings. The number of carbonyl (C=O) groups excluding carboxylic acids is 1. The molecule has 0 saturated heterocycles. The minimum atomic E-state index is -4.96. The van der Waals surface area contributed by atoms with E-state index in [2.05, 4.69) is 4.98 Å². The minimum absolute atomic E-state index is 0.298. The van der Waals surface area contributed by atoms with Gasteiger partial charge >= 0.3 is 6.18 Å². The molecule has 25 heavy (non-hydrogen) atoms. The molecule has 1 aromatic carbocycles. The lowest BCUT2D eigenvalue weighted by atomic mass is 10.2. The van der Waals surface area contributed by atoms with Crippen molar-refractivity contribution in [3.8, 4) is 11.4 Å². The van der Waals surface area contributed by atoms with Crippen LogP contribution < -0.4 is 4.72 Å². The van der Waals surface area contributed by atoms with E-state index in [1.54, 1.807) is 31.2 Å². The molecule has 0 bridgehead atoms. The lowest BCUT2D eigenvalue weighted by Gasteiger charge is -2.07. The number of amides is 1. The molecule has 0 fully saturated rings. The second-order valence-electron chi connectivity index (χ2n) is 5.02. The third kappa shape index (κ3) is 4.95. The van der Waals surface area contributed by atoms with Crippen molar-refractivity contribution in [2.75, 3.05) is 5.75 Å². The van der Waals surface area contributed by atoms with E-state index in [-0.39, 0.29) is 5.69 Å². The van der Waals surface area contributed by atoms with Crippen LogP contribution >= 0.6 is 11.6 Å². The van der Waals surface area contributed by atoms with Crippen LogP contribution in [-0.2, 0) is 16.6 Å². The van der Waals surface area contributed by atoms with Crippen LogP contribution in [0.15, 0.2) is 30.5 Å². The highest BCUT2D eigenvalue weighted by atomic mass is 35.5. The van der Waals surface area contributed by atoms with Gasteiger partial charge in [0.1, 0.15) is 11.5 Å². The number of sulfonamides is 1. The van der Waals surface area contributed by atoms with Crippen LogP contribution in [0, 0.1) is 0 Å². The number of hydrogen-bond donors (Lipinski definition) is 1. The molecule has 2 aromatic rings. The molecular weight excluding hydrogens is 383 g/mol.